The van der Waals surface area contributed by atoms with Crippen molar-refractivity contribution in [2.45, 2.75) is 30.6 Å². The summed E-state index contributed by atoms with van der Waals surface area (Å²) in [6.45, 7) is 1.00. The standard InChI is InChI=1S/C23H22ClN3O5S/c1-31-22(30)14-8-9-16-19(11-14)26-23(27(21(16)29)12-15-5-4-10-32-15)33-13-20(28)25-18-7-3-2-6-17(18)24/h2-3,6-9,11,15H,4-5,10,12-13H2,1H3,(H,25,28)/t15-/m0/s1. The molecule has 1 aliphatic heterocycles. The first-order valence-corrected chi connectivity index (χ1v) is 11.7. The summed E-state index contributed by atoms with van der Waals surface area (Å²) in [4.78, 5) is 42.4. The van der Waals surface area contributed by atoms with Gasteiger partial charge < -0.3 is 14.8 Å². The maximum absolute atomic E-state index is 13.3. The van der Waals surface area contributed by atoms with Crippen LogP contribution in [0.25, 0.3) is 10.9 Å². The van der Waals surface area contributed by atoms with Crippen molar-refractivity contribution in [3.8, 4) is 0 Å². The molecule has 33 heavy (non-hydrogen) atoms. The molecule has 2 aromatic carbocycles. The lowest BCUT2D eigenvalue weighted by atomic mass is 10.1. The molecule has 0 radical (unpaired) electrons. The van der Waals surface area contributed by atoms with Gasteiger partial charge in [0.25, 0.3) is 5.56 Å². The average molecular weight is 488 g/mol. The molecule has 1 amide bonds. The third-order valence-corrected chi connectivity index (χ3v) is 6.54. The van der Waals surface area contributed by atoms with Crippen LogP contribution in [0.4, 0.5) is 5.69 Å². The zero-order valence-electron chi connectivity index (χ0n) is 17.9. The second kappa shape index (κ2) is 10.4. The molecule has 1 aliphatic rings. The van der Waals surface area contributed by atoms with Gasteiger partial charge in [0.2, 0.25) is 5.91 Å². The number of ether oxygens (including phenoxy) is 2. The molecule has 0 aliphatic carbocycles. The van der Waals surface area contributed by atoms with E-state index in [0.717, 1.165) is 24.6 Å². The van der Waals surface area contributed by atoms with E-state index in [1.165, 1.54) is 19.2 Å². The summed E-state index contributed by atoms with van der Waals surface area (Å²) in [5.41, 5.74) is 0.915. The van der Waals surface area contributed by atoms with Gasteiger partial charge in [-0.1, -0.05) is 35.5 Å². The second-order valence-electron chi connectivity index (χ2n) is 7.49. The van der Waals surface area contributed by atoms with Crippen molar-refractivity contribution in [2.24, 2.45) is 0 Å². The lowest BCUT2D eigenvalue weighted by molar-refractivity contribution is -0.113. The average Bonchev–Trinajstić information content (AvgIpc) is 3.33. The molecule has 0 spiro atoms. The van der Waals surface area contributed by atoms with Gasteiger partial charge in [-0.2, -0.15) is 0 Å². The van der Waals surface area contributed by atoms with E-state index in [1.807, 2.05) is 0 Å². The van der Waals surface area contributed by atoms with Gasteiger partial charge in [-0.3, -0.25) is 14.2 Å². The van der Waals surface area contributed by atoms with Gasteiger partial charge in [0, 0.05) is 6.61 Å². The predicted octanol–water partition coefficient (Wildman–Crippen LogP) is 3.75. The van der Waals surface area contributed by atoms with Crippen LogP contribution in [0.3, 0.4) is 0 Å². The van der Waals surface area contributed by atoms with Crippen molar-refractivity contribution in [1.29, 1.82) is 0 Å². The fourth-order valence-corrected chi connectivity index (χ4v) is 4.58. The van der Waals surface area contributed by atoms with Crippen LogP contribution in [0.15, 0.2) is 52.4 Å². The Bertz CT molecular complexity index is 1260. The number of methoxy groups -OCH3 is 1. The number of nitrogens with zero attached hydrogens (tertiary/aromatic N) is 2. The molecule has 2 heterocycles. The maximum atomic E-state index is 13.3. The minimum absolute atomic E-state index is 0.0192. The molecule has 0 saturated carbocycles. The fourth-order valence-electron chi connectivity index (χ4n) is 3.59. The highest BCUT2D eigenvalue weighted by Gasteiger charge is 2.21. The van der Waals surface area contributed by atoms with E-state index in [1.54, 1.807) is 34.9 Å². The van der Waals surface area contributed by atoms with Crippen molar-refractivity contribution in [3.63, 3.8) is 0 Å². The first-order valence-electron chi connectivity index (χ1n) is 10.4. The number of carbonyl (C=O) groups is 2. The zero-order valence-corrected chi connectivity index (χ0v) is 19.4. The molecular formula is C23H22ClN3O5S. The van der Waals surface area contributed by atoms with Crippen LogP contribution in [-0.4, -0.2) is 47.0 Å². The van der Waals surface area contributed by atoms with Gasteiger partial charge in [-0.05, 0) is 43.2 Å². The third-order valence-electron chi connectivity index (χ3n) is 5.23. The van der Waals surface area contributed by atoms with Crippen LogP contribution in [-0.2, 0) is 20.8 Å². The molecule has 4 rings (SSSR count). The topological polar surface area (TPSA) is 99.5 Å². The molecule has 172 valence electrons. The van der Waals surface area contributed by atoms with Crippen molar-refractivity contribution in [2.75, 3.05) is 24.8 Å². The molecule has 1 N–H and O–H groups in total. The molecule has 0 bridgehead atoms. The quantitative estimate of drug-likeness (QED) is 0.308. The van der Waals surface area contributed by atoms with Crippen LogP contribution in [0.1, 0.15) is 23.2 Å². The number of amides is 1. The molecule has 1 fully saturated rings. The zero-order chi connectivity index (χ0) is 23.4. The molecule has 10 heteroatoms. The monoisotopic (exact) mass is 487 g/mol. The molecule has 1 atom stereocenters. The van der Waals surface area contributed by atoms with Gasteiger partial charge in [0.1, 0.15) is 0 Å². The van der Waals surface area contributed by atoms with Gasteiger partial charge in [0.05, 0.1) is 52.7 Å². The van der Waals surface area contributed by atoms with Crippen molar-refractivity contribution in [1.82, 2.24) is 9.55 Å². The van der Waals surface area contributed by atoms with E-state index in [0.29, 0.717) is 45.5 Å². The molecule has 1 saturated heterocycles. The number of para-hydroxylation sites is 1. The molecule has 0 unspecified atom stereocenters. The lowest BCUT2D eigenvalue weighted by Gasteiger charge is -2.16. The highest BCUT2D eigenvalue weighted by Crippen LogP contribution is 2.24. The number of rotatable bonds is 7. The number of carbonyl (C=O) groups excluding carboxylic acids is 2. The predicted molar refractivity (Wildman–Crippen MR) is 127 cm³/mol. The van der Waals surface area contributed by atoms with Crippen LogP contribution in [0.2, 0.25) is 5.02 Å². The highest BCUT2D eigenvalue weighted by atomic mass is 35.5. The summed E-state index contributed by atoms with van der Waals surface area (Å²) in [6, 6.07) is 11.6. The number of esters is 1. The van der Waals surface area contributed by atoms with Gasteiger partial charge in [-0.15, -0.1) is 0 Å². The SMILES string of the molecule is COC(=O)c1ccc2c(=O)n(C[C@@H]3CCCO3)c(SCC(=O)Nc3ccccc3Cl)nc2c1. The normalized spacial score (nSPS) is 15.5. The summed E-state index contributed by atoms with van der Waals surface area (Å²) in [7, 11) is 1.29. The van der Waals surface area contributed by atoms with Crippen molar-refractivity contribution >= 4 is 51.8 Å². The number of fused-ring (bicyclic) bond motifs is 1. The summed E-state index contributed by atoms with van der Waals surface area (Å²) in [6.07, 6.45) is 1.70. The second-order valence-corrected chi connectivity index (χ2v) is 8.84. The molecule has 8 nitrogen and oxygen atoms in total. The Hall–Kier alpha value is -2.88. The number of halogens is 1. The van der Waals surface area contributed by atoms with E-state index in [4.69, 9.17) is 21.1 Å². The smallest absolute Gasteiger partial charge is 0.337 e. The van der Waals surface area contributed by atoms with Crippen LogP contribution < -0.4 is 10.9 Å². The number of aromatic nitrogens is 2. The number of thioether (sulfide) groups is 1. The summed E-state index contributed by atoms with van der Waals surface area (Å²) in [5.74, 6) is -0.782. The van der Waals surface area contributed by atoms with E-state index >= 15 is 0 Å². The van der Waals surface area contributed by atoms with E-state index in [-0.39, 0.29) is 23.3 Å². The Morgan fingerprint density at radius 2 is 2.12 bits per heavy atom. The van der Waals surface area contributed by atoms with Gasteiger partial charge >= 0.3 is 5.97 Å². The minimum atomic E-state index is -0.518. The van der Waals surface area contributed by atoms with Crippen molar-refractivity contribution in [3.05, 3.63) is 63.4 Å². The number of hydrogen-bond acceptors (Lipinski definition) is 7. The molecule has 1 aromatic heterocycles. The van der Waals surface area contributed by atoms with E-state index in [9.17, 15) is 14.4 Å². The van der Waals surface area contributed by atoms with Crippen LogP contribution in [0, 0.1) is 0 Å². The first-order chi connectivity index (χ1) is 16.0. The van der Waals surface area contributed by atoms with Gasteiger partial charge in [-0.25, -0.2) is 9.78 Å². The summed E-state index contributed by atoms with van der Waals surface area (Å²) in [5, 5.41) is 3.95. The number of benzene rings is 2. The molecular weight excluding hydrogens is 466 g/mol. The van der Waals surface area contributed by atoms with Crippen LogP contribution in [0.5, 0.6) is 0 Å². The number of anilines is 1. The van der Waals surface area contributed by atoms with Gasteiger partial charge in [0.15, 0.2) is 5.16 Å². The minimum Gasteiger partial charge on any atom is -0.465 e. The Balaban J connectivity index is 1.64. The largest absolute Gasteiger partial charge is 0.465 e. The van der Waals surface area contributed by atoms with Crippen molar-refractivity contribution < 1.29 is 19.1 Å². The Labute approximate surface area is 199 Å². The lowest BCUT2D eigenvalue weighted by Crippen LogP contribution is -2.29. The highest BCUT2D eigenvalue weighted by molar-refractivity contribution is 7.99. The van der Waals surface area contributed by atoms with E-state index in [2.05, 4.69) is 10.3 Å². The first kappa shape index (κ1) is 23.3. The summed E-state index contributed by atoms with van der Waals surface area (Å²) < 4.78 is 12.0. The maximum Gasteiger partial charge on any atom is 0.337 e. The van der Waals surface area contributed by atoms with Crippen LogP contribution >= 0.6 is 23.4 Å². The Morgan fingerprint density at radius 3 is 2.85 bits per heavy atom. The summed E-state index contributed by atoms with van der Waals surface area (Å²) >= 11 is 7.25. The number of hydrogen-bond donors (Lipinski definition) is 1. The molecule has 3 aromatic rings. The Morgan fingerprint density at radius 1 is 1.30 bits per heavy atom. The fraction of sp³-hybridized carbons (Fsp3) is 0.304. The third kappa shape index (κ3) is 5.38. The number of nitrogens with one attached hydrogen (secondary N) is 1. The van der Waals surface area contributed by atoms with E-state index < -0.39 is 5.97 Å². The Kier molecular flexibility index (Phi) is 7.32.